The Balaban J connectivity index is 2.56. The van der Waals surface area contributed by atoms with Crippen LogP contribution in [-0.2, 0) is 19.4 Å². The second kappa shape index (κ2) is 5.93. The average molecular weight is 259 g/mol. The van der Waals surface area contributed by atoms with Crippen molar-refractivity contribution in [2.75, 3.05) is 7.05 Å². The van der Waals surface area contributed by atoms with E-state index in [1.165, 1.54) is 0 Å². The molecule has 2 rings (SSSR count). The quantitative estimate of drug-likeness (QED) is 0.890. The van der Waals surface area contributed by atoms with Gasteiger partial charge < -0.3 is 5.32 Å². The minimum absolute atomic E-state index is 0.771. The molecule has 0 bridgehead atoms. The first kappa shape index (κ1) is 13.7. The Morgan fingerprint density at radius 3 is 2.68 bits per heavy atom. The largest absolute Gasteiger partial charge is 0.316 e. The third kappa shape index (κ3) is 2.81. The van der Waals surface area contributed by atoms with Gasteiger partial charge in [-0.15, -0.1) is 0 Å². The summed E-state index contributed by atoms with van der Waals surface area (Å²) in [7, 11) is 1.93. The van der Waals surface area contributed by atoms with Gasteiger partial charge in [0, 0.05) is 36.8 Å². The second-order valence-corrected chi connectivity index (χ2v) is 4.55. The fourth-order valence-corrected chi connectivity index (χ4v) is 2.06. The predicted molar refractivity (Wildman–Crippen MR) is 75.4 cm³/mol. The molecule has 19 heavy (non-hydrogen) atoms. The zero-order valence-electron chi connectivity index (χ0n) is 12.1. The van der Waals surface area contributed by atoms with Crippen molar-refractivity contribution < 1.29 is 0 Å². The summed E-state index contributed by atoms with van der Waals surface area (Å²) in [5.74, 6) is 1.89. The second-order valence-electron chi connectivity index (χ2n) is 4.55. The van der Waals surface area contributed by atoms with E-state index in [1.807, 2.05) is 24.9 Å². The average Bonchev–Trinajstić information content (AvgIpc) is 2.84. The van der Waals surface area contributed by atoms with Gasteiger partial charge in [-0.1, -0.05) is 13.8 Å². The Kier molecular flexibility index (Phi) is 4.27. The van der Waals surface area contributed by atoms with Gasteiger partial charge in [-0.25, -0.2) is 9.67 Å². The lowest BCUT2D eigenvalue weighted by molar-refractivity contribution is 0.750. The van der Waals surface area contributed by atoms with Gasteiger partial charge in [0.2, 0.25) is 0 Å². The lowest BCUT2D eigenvalue weighted by atomic mass is 10.2. The van der Waals surface area contributed by atoms with Gasteiger partial charge >= 0.3 is 0 Å². The number of nitrogens with one attached hydrogen (secondary N) is 1. The van der Waals surface area contributed by atoms with Gasteiger partial charge in [0.25, 0.3) is 0 Å². The maximum atomic E-state index is 4.60. The van der Waals surface area contributed by atoms with Gasteiger partial charge in [0.1, 0.15) is 5.82 Å². The molecule has 2 aromatic heterocycles. The zero-order valence-corrected chi connectivity index (χ0v) is 12.1. The minimum atomic E-state index is 0.771. The number of hydrogen-bond donors (Lipinski definition) is 1. The fraction of sp³-hybridized carbons (Fsp3) is 0.500. The van der Waals surface area contributed by atoms with Crippen LogP contribution in [0.25, 0.3) is 5.69 Å². The Hall–Kier alpha value is -1.75. The Bertz CT molecular complexity index is 559. The topological polar surface area (TPSA) is 55.6 Å². The van der Waals surface area contributed by atoms with Crippen LogP contribution in [0, 0.1) is 6.92 Å². The molecular weight excluding hydrogens is 238 g/mol. The number of aromatic nitrogens is 4. The summed E-state index contributed by atoms with van der Waals surface area (Å²) in [5, 5.41) is 7.77. The van der Waals surface area contributed by atoms with Crippen LogP contribution in [0.15, 0.2) is 12.3 Å². The molecule has 5 heteroatoms. The standard InChI is InChI=1S/C14H21N5/c1-5-13-17-14(6-2)19(18-13)12-7-10(3)16-9-11(12)8-15-4/h7,9,15H,5-6,8H2,1-4H3. The first-order valence-electron chi connectivity index (χ1n) is 6.74. The molecule has 0 unspecified atom stereocenters. The van der Waals surface area contributed by atoms with Crippen molar-refractivity contribution in [3.63, 3.8) is 0 Å². The predicted octanol–water partition coefficient (Wildman–Crippen LogP) is 1.81. The summed E-state index contributed by atoms with van der Waals surface area (Å²) >= 11 is 0. The van der Waals surface area contributed by atoms with Crippen molar-refractivity contribution in [2.24, 2.45) is 0 Å². The van der Waals surface area contributed by atoms with Crippen molar-refractivity contribution in [3.8, 4) is 5.69 Å². The maximum Gasteiger partial charge on any atom is 0.151 e. The highest BCUT2D eigenvalue weighted by Crippen LogP contribution is 2.17. The van der Waals surface area contributed by atoms with Crippen molar-refractivity contribution in [1.29, 1.82) is 0 Å². The molecule has 102 valence electrons. The van der Waals surface area contributed by atoms with Crippen molar-refractivity contribution in [2.45, 2.75) is 40.2 Å². The van der Waals surface area contributed by atoms with E-state index in [-0.39, 0.29) is 0 Å². The lowest BCUT2D eigenvalue weighted by Crippen LogP contribution is -2.12. The van der Waals surface area contributed by atoms with E-state index in [1.54, 1.807) is 0 Å². The molecule has 0 atom stereocenters. The fourth-order valence-electron chi connectivity index (χ4n) is 2.06. The monoisotopic (exact) mass is 259 g/mol. The molecular formula is C14H21N5. The molecule has 0 aromatic carbocycles. The molecule has 0 aliphatic rings. The van der Waals surface area contributed by atoms with Crippen LogP contribution in [0.4, 0.5) is 0 Å². The van der Waals surface area contributed by atoms with E-state index in [0.29, 0.717) is 0 Å². The van der Waals surface area contributed by atoms with Crippen LogP contribution in [0.5, 0.6) is 0 Å². The smallest absolute Gasteiger partial charge is 0.151 e. The molecule has 0 aliphatic heterocycles. The highest BCUT2D eigenvalue weighted by Gasteiger charge is 2.13. The molecule has 5 nitrogen and oxygen atoms in total. The number of hydrogen-bond acceptors (Lipinski definition) is 4. The summed E-state index contributed by atoms with van der Waals surface area (Å²) < 4.78 is 1.96. The van der Waals surface area contributed by atoms with Crippen LogP contribution in [0.1, 0.15) is 36.8 Å². The summed E-state index contributed by atoms with van der Waals surface area (Å²) in [6, 6.07) is 2.07. The van der Waals surface area contributed by atoms with Gasteiger partial charge in [0.15, 0.2) is 5.82 Å². The first-order valence-corrected chi connectivity index (χ1v) is 6.74. The third-order valence-corrected chi connectivity index (χ3v) is 3.04. The molecule has 0 aliphatic carbocycles. The van der Waals surface area contributed by atoms with E-state index in [0.717, 1.165) is 48.0 Å². The summed E-state index contributed by atoms with van der Waals surface area (Å²) in [6.45, 7) is 6.94. The number of rotatable bonds is 5. The maximum absolute atomic E-state index is 4.60. The Morgan fingerprint density at radius 2 is 2.05 bits per heavy atom. The summed E-state index contributed by atoms with van der Waals surface area (Å²) in [4.78, 5) is 8.93. The van der Waals surface area contributed by atoms with Gasteiger partial charge in [0.05, 0.1) is 5.69 Å². The zero-order chi connectivity index (χ0) is 13.8. The van der Waals surface area contributed by atoms with Gasteiger partial charge in [-0.05, 0) is 20.0 Å². The lowest BCUT2D eigenvalue weighted by Gasteiger charge is -2.11. The Labute approximate surface area is 114 Å². The van der Waals surface area contributed by atoms with E-state index in [9.17, 15) is 0 Å². The van der Waals surface area contributed by atoms with Crippen LogP contribution >= 0.6 is 0 Å². The normalized spacial score (nSPS) is 10.9. The Morgan fingerprint density at radius 1 is 1.26 bits per heavy atom. The van der Waals surface area contributed by atoms with Crippen LogP contribution < -0.4 is 5.32 Å². The SMILES string of the molecule is CCc1nc(CC)n(-c2cc(C)ncc2CNC)n1. The first-order chi connectivity index (χ1) is 9.19. The van der Waals surface area contributed by atoms with Gasteiger partial charge in [-0.2, -0.15) is 5.10 Å². The molecule has 0 radical (unpaired) electrons. The molecule has 0 saturated heterocycles. The van der Waals surface area contributed by atoms with E-state index in [2.05, 4.69) is 40.3 Å². The number of pyridine rings is 1. The highest BCUT2D eigenvalue weighted by atomic mass is 15.4. The molecule has 0 spiro atoms. The van der Waals surface area contributed by atoms with E-state index >= 15 is 0 Å². The van der Waals surface area contributed by atoms with E-state index < -0.39 is 0 Å². The van der Waals surface area contributed by atoms with Crippen LogP contribution in [-0.4, -0.2) is 26.8 Å². The number of nitrogens with zero attached hydrogens (tertiary/aromatic N) is 4. The highest BCUT2D eigenvalue weighted by molar-refractivity contribution is 5.40. The van der Waals surface area contributed by atoms with Crippen molar-refractivity contribution in [3.05, 3.63) is 35.2 Å². The van der Waals surface area contributed by atoms with Crippen molar-refractivity contribution >= 4 is 0 Å². The summed E-state index contributed by atoms with van der Waals surface area (Å²) in [6.07, 6.45) is 3.63. The van der Waals surface area contributed by atoms with Crippen molar-refractivity contribution in [1.82, 2.24) is 25.1 Å². The van der Waals surface area contributed by atoms with Gasteiger partial charge in [-0.3, -0.25) is 4.98 Å². The van der Waals surface area contributed by atoms with E-state index in [4.69, 9.17) is 0 Å². The summed E-state index contributed by atoms with van der Waals surface area (Å²) in [5.41, 5.74) is 3.20. The molecule has 0 saturated carbocycles. The molecule has 1 N–H and O–H groups in total. The molecule has 0 fully saturated rings. The van der Waals surface area contributed by atoms with Crippen LogP contribution in [0.2, 0.25) is 0 Å². The molecule has 2 heterocycles. The number of aryl methyl sites for hydroxylation is 3. The van der Waals surface area contributed by atoms with Crippen LogP contribution in [0.3, 0.4) is 0 Å². The molecule has 0 amide bonds. The third-order valence-electron chi connectivity index (χ3n) is 3.04. The molecule has 2 aromatic rings. The minimum Gasteiger partial charge on any atom is -0.316 e.